The fourth-order valence-corrected chi connectivity index (χ4v) is 5.13. The lowest BCUT2D eigenvalue weighted by atomic mass is 10.1. The molecule has 0 spiro atoms. The molecule has 0 aliphatic rings. The van der Waals surface area contributed by atoms with Crippen LogP contribution in [-0.2, 0) is 28.5 Å². The predicted octanol–water partition coefficient (Wildman–Crippen LogP) is 6.36. The summed E-state index contributed by atoms with van der Waals surface area (Å²) in [7, 11) is -3.68. The monoisotopic (exact) mass is 589 g/mol. The van der Waals surface area contributed by atoms with Crippen molar-refractivity contribution in [1.82, 2.24) is 4.90 Å². The van der Waals surface area contributed by atoms with E-state index in [0.29, 0.717) is 0 Å². The van der Waals surface area contributed by atoms with Gasteiger partial charge < -0.3 is 9.84 Å². The summed E-state index contributed by atoms with van der Waals surface area (Å²) in [5, 5.41) is 9.85. The lowest BCUT2D eigenvalue weighted by Crippen LogP contribution is -2.36. The third kappa shape index (κ3) is 8.70. The van der Waals surface area contributed by atoms with Crippen LogP contribution < -0.4 is 4.74 Å². The summed E-state index contributed by atoms with van der Waals surface area (Å²) in [6.07, 6.45) is -4.47. The molecule has 0 heterocycles. The Kier molecular flexibility index (Phi) is 9.91. The normalized spacial score (nSPS) is 13.4. The van der Waals surface area contributed by atoms with Gasteiger partial charge in [0.25, 0.3) is 5.92 Å². The molecule has 218 valence electrons. The molecule has 12 heteroatoms. The molecule has 40 heavy (non-hydrogen) atoms. The van der Waals surface area contributed by atoms with Gasteiger partial charge in [-0.2, -0.15) is 22.0 Å². The standard InChI is InChI=1S/C28H29F6NO4S/c1-19(36)25-12-11-24(16-26(25)40(2,37)38)39-14-4-13-35(17-20-5-3-6-22(15-20)28(32,33)34)18-27(30,31)21-7-9-23(29)10-8-21/h3,5-12,15-16,19,36H,4,13-14,17-18H2,1-2H3. The summed E-state index contributed by atoms with van der Waals surface area (Å²) in [5.74, 6) is -3.93. The smallest absolute Gasteiger partial charge is 0.416 e. The maximum atomic E-state index is 15.1. The number of nitrogens with zero attached hydrogens (tertiary/aromatic N) is 1. The Morgan fingerprint density at radius 3 is 2.23 bits per heavy atom. The molecule has 1 N–H and O–H groups in total. The Morgan fingerprint density at radius 2 is 1.62 bits per heavy atom. The van der Waals surface area contributed by atoms with E-state index in [1.165, 1.54) is 42.2 Å². The van der Waals surface area contributed by atoms with Crippen LogP contribution in [0, 0.1) is 5.82 Å². The first-order chi connectivity index (χ1) is 18.6. The fourth-order valence-electron chi connectivity index (χ4n) is 4.13. The van der Waals surface area contributed by atoms with Gasteiger partial charge in [0.05, 0.1) is 29.7 Å². The van der Waals surface area contributed by atoms with Crippen molar-refractivity contribution in [3.8, 4) is 5.75 Å². The minimum atomic E-state index is -4.60. The molecule has 0 saturated carbocycles. The molecular weight excluding hydrogens is 560 g/mol. The second-order valence-corrected chi connectivity index (χ2v) is 11.5. The molecule has 5 nitrogen and oxygen atoms in total. The second kappa shape index (κ2) is 12.6. The van der Waals surface area contributed by atoms with Crippen molar-refractivity contribution >= 4 is 9.84 Å². The summed E-state index contributed by atoms with van der Waals surface area (Å²) < 4.78 is 113. The number of alkyl halides is 5. The number of hydrogen-bond donors (Lipinski definition) is 1. The number of halogens is 6. The van der Waals surface area contributed by atoms with Crippen LogP contribution in [-0.4, -0.2) is 44.4 Å². The Balaban J connectivity index is 1.75. The highest BCUT2D eigenvalue weighted by Crippen LogP contribution is 2.32. The van der Waals surface area contributed by atoms with Crippen molar-refractivity contribution in [3.05, 3.63) is 94.8 Å². The van der Waals surface area contributed by atoms with Crippen LogP contribution in [0.1, 0.15) is 41.7 Å². The average Bonchev–Trinajstić information content (AvgIpc) is 2.85. The zero-order chi connectivity index (χ0) is 29.7. The maximum absolute atomic E-state index is 15.1. The van der Waals surface area contributed by atoms with Crippen molar-refractivity contribution in [3.63, 3.8) is 0 Å². The van der Waals surface area contributed by atoms with E-state index < -0.39 is 51.5 Å². The van der Waals surface area contributed by atoms with Gasteiger partial charge in [0.2, 0.25) is 0 Å². The third-order valence-electron chi connectivity index (χ3n) is 6.07. The first kappa shape index (κ1) is 31.4. The number of hydrogen-bond acceptors (Lipinski definition) is 5. The molecule has 0 fully saturated rings. The summed E-state index contributed by atoms with van der Waals surface area (Å²) in [6, 6.07) is 12.3. The van der Waals surface area contributed by atoms with E-state index in [1.807, 2.05) is 0 Å². The largest absolute Gasteiger partial charge is 0.494 e. The minimum Gasteiger partial charge on any atom is -0.494 e. The van der Waals surface area contributed by atoms with Crippen molar-refractivity contribution < 1.29 is 44.6 Å². The molecule has 0 bridgehead atoms. The zero-order valence-corrected chi connectivity index (χ0v) is 22.6. The van der Waals surface area contributed by atoms with Crippen LogP contribution in [0.2, 0.25) is 0 Å². The first-order valence-corrected chi connectivity index (χ1v) is 14.1. The zero-order valence-electron chi connectivity index (χ0n) is 21.8. The molecule has 0 aliphatic carbocycles. The molecule has 3 aromatic rings. The van der Waals surface area contributed by atoms with Gasteiger partial charge in [-0.25, -0.2) is 12.8 Å². The van der Waals surface area contributed by atoms with E-state index in [4.69, 9.17) is 4.74 Å². The molecule has 0 aromatic heterocycles. The maximum Gasteiger partial charge on any atom is 0.416 e. The van der Waals surface area contributed by atoms with Crippen LogP contribution in [0.4, 0.5) is 26.3 Å². The van der Waals surface area contributed by atoms with Crippen LogP contribution in [0.3, 0.4) is 0 Å². The SMILES string of the molecule is CC(O)c1ccc(OCCCN(Cc2cccc(C(F)(F)F)c2)CC(F)(F)c2ccc(F)cc2)cc1S(C)(=O)=O. The minimum absolute atomic E-state index is 0.00226. The number of benzene rings is 3. The van der Waals surface area contributed by atoms with Crippen molar-refractivity contribution in [1.29, 1.82) is 0 Å². The number of ether oxygens (including phenoxy) is 1. The van der Waals surface area contributed by atoms with E-state index in [2.05, 4.69) is 0 Å². The summed E-state index contributed by atoms with van der Waals surface area (Å²) in [6.45, 7) is 0.333. The van der Waals surface area contributed by atoms with E-state index in [9.17, 15) is 31.1 Å². The van der Waals surface area contributed by atoms with Gasteiger partial charge in [-0.1, -0.05) is 36.4 Å². The highest BCUT2D eigenvalue weighted by Gasteiger charge is 2.35. The Bertz CT molecular complexity index is 1390. The van der Waals surface area contributed by atoms with Gasteiger partial charge in [0, 0.05) is 24.9 Å². The van der Waals surface area contributed by atoms with Gasteiger partial charge in [-0.15, -0.1) is 0 Å². The van der Waals surface area contributed by atoms with Crippen LogP contribution in [0.15, 0.2) is 71.6 Å². The molecule has 1 unspecified atom stereocenters. The van der Waals surface area contributed by atoms with Crippen LogP contribution >= 0.6 is 0 Å². The molecule has 0 saturated heterocycles. The molecular formula is C28H29F6NO4S. The Morgan fingerprint density at radius 1 is 0.950 bits per heavy atom. The Hall–Kier alpha value is -3.09. The van der Waals surface area contributed by atoms with Gasteiger partial charge in [0.1, 0.15) is 11.6 Å². The van der Waals surface area contributed by atoms with E-state index in [1.54, 1.807) is 0 Å². The fraction of sp³-hybridized carbons (Fsp3) is 0.357. The number of rotatable bonds is 12. The van der Waals surface area contributed by atoms with E-state index in [-0.39, 0.29) is 47.9 Å². The van der Waals surface area contributed by atoms with Gasteiger partial charge in [-0.3, -0.25) is 4.90 Å². The van der Waals surface area contributed by atoms with Gasteiger partial charge in [-0.05, 0) is 54.8 Å². The molecule has 3 aromatic carbocycles. The van der Waals surface area contributed by atoms with Crippen LogP contribution in [0.25, 0.3) is 0 Å². The third-order valence-corrected chi connectivity index (χ3v) is 7.22. The molecule has 0 amide bonds. The Labute approximate surface area is 228 Å². The highest BCUT2D eigenvalue weighted by molar-refractivity contribution is 7.90. The lowest BCUT2D eigenvalue weighted by molar-refractivity contribution is -0.137. The van der Waals surface area contributed by atoms with E-state index >= 15 is 8.78 Å². The summed E-state index contributed by atoms with van der Waals surface area (Å²) >= 11 is 0. The molecule has 1 atom stereocenters. The van der Waals surface area contributed by atoms with Crippen molar-refractivity contribution in [2.45, 2.75) is 43.0 Å². The van der Waals surface area contributed by atoms with E-state index in [0.717, 1.165) is 42.7 Å². The quantitative estimate of drug-likeness (QED) is 0.197. The lowest BCUT2D eigenvalue weighted by Gasteiger charge is -2.28. The van der Waals surface area contributed by atoms with Crippen molar-refractivity contribution in [2.24, 2.45) is 0 Å². The topological polar surface area (TPSA) is 66.8 Å². The summed E-state index contributed by atoms with van der Waals surface area (Å²) in [4.78, 5) is 1.17. The van der Waals surface area contributed by atoms with Crippen LogP contribution in [0.5, 0.6) is 5.75 Å². The number of aliphatic hydroxyl groups excluding tert-OH is 1. The predicted molar refractivity (Wildman–Crippen MR) is 137 cm³/mol. The van der Waals surface area contributed by atoms with Crippen molar-refractivity contribution in [2.75, 3.05) is 26.0 Å². The molecule has 3 rings (SSSR count). The average molecular weight is 590 g/mol. The summed E-state index contributed by atoms with van der Waals surface area (Å²) in [5.41, 5.74) is -0.964. The van der Waals surface area contributed by atoms with Gasteiger partial charge in [0.15, 0.2) is 9.84 Å². The number of aliphatic hydroxyl groups is 1. The molecule has 0 radical (unpaired) electrons. The molecule has 0 aliphatic heterocycles. The second-order valence-electron chi connectivity index (χ2n) is 9.47. The highest BCUT2D eigenvalue weighted by atomic mass is 32.2. The van der Waals surface area contributed by atoms with Gasteiger partial charge >= 0.3 is 6.18 Å². The number of sulfone groups is 1. The first-order valence-electron chi connectivity index (χ1n) is 12.2.